The van der Waals surface area contributed by atoms with Gasteiger partial charge < -0.3 is 53.2 Å². The highest BCUT2D eigenvalue weighted by molar-refractivity contribution is 9.69. The number of hydrogen-bond donors (Lipinski definition) is 3. The molecule has 40 heteroatoms. The molecular formula is C62H74BBr3F12N4O18Si2. The number of nitrogens with two attached hydrogens (primary N) is 1. The highest BCUT2D eigenvalue weighted by Gasteiger charge is 2.38. The SMILES string of the molecule is BrB(Br)Br.COC(=O)Oc1cc([N+](=O)[O-])c(C)c(F)c1F.COC(=O)Oc1ccc(C)c(F)c1F.Cc1c(N)cc(OCCO[Si](C)(C)C(C)(C)C)c(F)c1F.Cc1c([N+](=O)[O-])cc(O)c(F)c1F.Cc1c([N+](=O)[O-])cc(OCCO[Si](C)(C)C(C)(C)C)c(F)c1F.Cc1ccc(O)c(F)c1F. The molecule has 0 aliphatic rings. The number of aromatic hydroxyl groups is 2. The molecule has 0 bridgehead atoms. The summed E-state index contributed by atoms with van der Waals surface area (Å²) in [4.78, 5) is 50.4. The van der Waals surface area contributed by atoms with Crippen LogP contribution in [0.5, 0.6) is 34.5 Å². The van der Waals surface area contributed by atoms with Gasteiger partial charge in [0.05, 0.1) is 77.1 Å². The second-order valence-electron chi connectivity index (χ2n) is 23.8. The van der Waals surface area contributed by atoms with E-state index >= 15 is 0 Å². The number of benzene rings is 6. The number of ether oxygens (including phenoxy) is 6. The number of aryl methyl sites for hydroxylation is 2. The molecular weight excluding hydrogens is 1620 g/mol. The van der Waals surface area contributed by atoms with Gasteiger partial charge in [0.2, 0.25) is 34.9 Å². The predicted molar refractivity (Wildman–Crippen MR) is 370 cm³/mol. The number of nitrogens with zero attached hydrogens (tertiary/aromatic N) is 3. The topological polar surface area (TPSA) is 304 Å². The Morgan fingerprint density at radius 2 is 0.745 bits per heavy atom. The minimum atomic E-state index is -1.96. The van der Waals surface area contributed by atoms with E-state index in [1.165, 1.54) is 39.0 Å². The van der Waals surface area contributed by atoms with E-state index in [0.717, 1.165) is 53.2 Å². The monoisotopic (exact) mass is 1690 g/mol. The molecule has 0 unspecified atom stereocenters. The molecule has 0 aliphatic carbocycles. The van der Waals surface area contributed by atoms with E-state index in [1.807, 2.05) is 0 Å². The number of phenolic OH excluding ortho intramolecular Hbond substituents is 2. The van der Waals surface area contributed by atoms with Gasteiger partial charge in [-0.15, -0.1) is 47.3 Å². The summed E-state index contributed by atoms with van der Waals surface area (Å²) in [5.74, 6) is -18.4. The predicted octanol–water partition coefficient (Wildman–Crippen LogP) is 19.6. The summed E-state index contributed by atoms with van der Waals surface area (Å²) < 4.78 is 197. The lowest BCUT2D eigenvalue weighted by Gasteiger charge is -2.36. The molecule has 0 aliphatic heterocycles. The maximum Gasteiger partial charge on any atom is 0.513 e. The summed E-state index contributed by atoms with van der Waals surface area (Å²) >= 11 is 9.31. The van der Waals surface area contributed by atoms with Gasteiger partial charge in [-0.3, -0.25) is 30.3 Å². The molecule has 0 saturated heterocycles. The van der Waals surface area contributed by atoms with Crippen LogP contribution in [0, 0.1) is 142 Å². The molecule has 22 nitrogen and oxygen atoms in total. The van der Waals surface area contributed by atoms with Crippen LogP contribution in [0.3, 0.4) is 0 Å². The molecule has 0 fully saturated rings. The smallest absolute Gasteiger partial charge is 0.505 e. The molecule has 0 saturated carbocycles. The van der Waals surface area contributed by atoms with E-state index < -0.39 is 170 Å². The lowest BCUT2D eigenvalue weighted by atomic mass is 10.1. The number of carbonyl (C=O) groups excluding carboxylic acids is 2. The van der Waals surface area contributed by atoms with Crippen molar-refractivity contribution in [3.05, 3.63) is 182 Å². The molecule has 566 valence electrons. The average molecular weight is 1700 g/mol. The Labute approximate surface area is 605 Å². The first kappa shape index (κ1) is 94.1. The van der Waals surface area contributed by atoms with Crippen molar-refractivity contribution in [2.24, 2.45) is 0 Å². The molecule has 0 amide bonds. The minimum Gasteiger partial charge on any atom is -0.505 e. The fourth-order valence-electron chi connectivity index (χ4n) is 6.55. The highest BCUT2D eigenvalue weighted by atomic mass is 79.9. The van der Waals surface area contributed by atoms with Gasteiger partial charge in [-0.25, -0.2) is 35.9 Å². The lowest BCUT2D eigenvalue weighted by Crippen LogP contribution is -2.41. The number of nitrogen functional groups attached to an aromatic ring is 1. The van der Waals surface area contributed by atoms with Gasteiger partial charge in [0.1, 0.15) is 13.2 Å². The number of rotatable bonds is 15. The van der Waals surface area contributed by atoms with E-state index in [9.17, 15) is 92.6 Å². The molecule has 6 rings (SSSR count). The van der Waals surface area contributed by atoms with Crippen LogP contribution in [0.4, 0.5) is 85.0 Å². The third-order valence-electron chi connectivity index (χ3n) is 14.7. The number of methoxy groups -OCH3 is 2. The molecule has 102 heavy (non-hydrogen) atoms. The molecule has 6 aromatic rings. The van der Waals surface area contributed by atoms with E-state index in [0.29, 0.717) is 18.7 Å². The molecule has 0 aromatic heterocycles. The maximum absolute atomic E-state index is 13.8. The second kappa shape index (κ2) is 41.4. The zero-order valence-corrected chi connectivity index (χ0v) is 64.8. The summed E-state index contributed by atoms with van der Waals surface area (Å²) in [5.41, 5.74) is 3.10. The van der Waals surface area contributed by atoms with Crippen LogP contribution >= 0.6 is 47.3 Å². The lowest BCUT2D eigenvalue weighted by molar-refractivity contribution is -0.385. The Balaban J connectivity index is 0.00000121. The summed E-state index contributed by atoms with van der Waals surface area (Å²) in [7, 11) is -1.79. The van der Waals surface area contributed by atoms with Crippen molar-refractivity contribution in [3.63, 3.8) is 0 Å². The molecule has 0 atom stereocenters. The van der Waals surface area contributed by atoms with E-state index in [1.54, 1.807) is 0 Å². The number of nitro groups is 3. The summed E-state index contributed by atoms with van der Waals surface area (Å²) in [6.07, 6.45) is -2.39. The van der Waals surface area contributed by atoms with Gasteiger partial charge in [-0.1, -0.05) is 53.7 Å². The third kappa shape index (κ3) is 28.4. The Bertz CT molecular complexity index is 3910. The van der Waals surface area contributed by atoms with Gasteiger partial charge in [0, 0.05) is 17.3 Å². The van der Waals surface area contributed by atoms with Crippen molar-refractivity contribution in [2.45, 2.75) is 119 Å². The van der Waals surface area contributed by atoms with Crippen molar-refractivity contribution in [1.82, 2.24) is 0 Å². The van der Waals surface area contributed by atoms with Crippen LogP contribution < -0.4 is 24.7 Å². The van der Waals surface area contributed by atoms with Gasteiger partial charge in [0.15, 0.2) is 86.0 Å². The van der Waals surface area contributed by atoms with Crippen molar-refractivity contribution in [3.8, 4) is 34.5 Å². The standard InChI is InChI=1S/C15H23F2NO4Si.C15H25F2NO2Si.C9H7F2NO5.C9H8F2O3.C7H5F2NO3.C7H6F2O.BBr3/c1-10-11(18(19)20)9-12(14(17)13(10)16)21-7-8-22-23(5,6)15(2,3)4;1-10-11(18)9-12(14(17)13(10)16)19-7-8-20-21(5,6)15(2,3)4;1-4-5(12(14)15)3-6(8(11)7(4)10)17-9(13)16-2;1-5-3-4-6(8(11)7(5)10)14-9(12)13-2;1-3-4(10(12)13)2-5(11)7(9)6(3)8;1-4-2-3-5(10)7(9)6(4)8;2-1(3)4/h9H,7-8H2,1-6H3;9H,7-8,18H2,1-6H3;3H,1-2H3;3-4H,1-2H3;2,11H,1H3;2-3,10H,1H3;. The first-order chi connectivity index (χ1) is 46.6. The number of phenols is 2. The van der Waals surface area contributed by atoms with Crippen molar-refractivity contribution in [2.75, 3.05) is 46.4 Å². The van der Waals surface area contributed by atoms with Crippen LogP contribution in [-0.2, 0) is 18.3 Å². The zero-order valence-electron chi connectivity index (χ0n) is 58.0. The Hall–Kier alpha value is -7.92. The number of hydrogen-bond acceptors (Lipinski definition) is 19. The third-order valence-corrected chi connectivity index (χ3v) is 23.7. The van der Waals surface area contributed by atoms with Crippen molar-refractivity contribution >= 4 is 102 Å². The van der Waals surface area contributed by atoms with Gasteiger partial charge in [0.25, 0.3) is 17.1 Å². The summed E-state index contributed by atoms with van der Waals surface area (Å²) in [5, 5.41) is 49.1. The number of nitro benzene ring substituents is 3. The fourth-order valence-corrected chi connectivity index (χ4v) is 8.61. The number of carbonyl (C=O) groups is 2. The van der Waals surface area contributed by atoms with E-state index in [4.69, 9.17) is 34.3 Å². The number of anilines is 1. The van der Waals surface area contributed by atoms with Gasteiger partial charge in [-0.05, 0) is 101 Å². The summed E-state index contributed by atoms with van der Waals surface area (Å²) in [6.45, 7) is 29.2. The molecule has 0 spiro atoms. The van der Waals surface area contributed by atoms with Crippen LogP contribution in [0.2, 0.25) is 36.3 Å². The van der Waals surface area contributed by atoms with Crippen LogP contribution in [0.25, 0.3) is 0 Å². The second-order valence-corrected chi connectivity index (χ2v) is 39.8. The van der Waals surface area contributed by atoms with Crippen molar-refractivity contribution in [1.29, 1.82) is 0 Å². The molecule has 6 aromatic carbocycles. The first-order valence-electron chi connectivity index (χ1n) is 29.0. The fraction of sp³-hybridized carbons (Fsp3) is 0.387. The Morgan fingerprint density at radius 3 is 1.11 bits per heavy atom. The van der Waals surface area contributed by atoms with Crippen LogP contribution in [0.15, 0.2) is 48.5 Å². The van der Waals surface area contributed by atoms with Crippen molar-refractivity contribution < 1.29 is 125 Å². The average Bonchev–Trinajstić information content (AvgIpc) is 0.817. The normalized spacial score (nSPS) is 10.9. The zero-order chi connectivity index (χ0) is 79.8. The van der Waals surface area contributed by atoms with Crippen LogP contribution in [-0.4, -0.2) is 97.8 Å². The molecule has 0 radical (unpaired) electrons. The van der Waals surface area contributed by atoms with Gasteiger partial charge >= 0.3 is 15.5 Å². The van der Waals surface area contributed by atoms with E-state index in [-0.39, 0.29) is 66.8 Å². The molecule has 0 heterocycles. The quantitative estimate of drug-likeness (QED) is 0.0126. The number of halogens is 15. The first-order valence-corrected chi connectivity index (χ1v) is 37.5. The Morgan fingerprint density at radius 1 is 0.451 bits per heavy atom. The van der Waals surface area contributed by atoms with E-state index in [2.05, 4.69) is 134 Å². The largest absolute Gasteiger partial charge is 0.513 e. The maximum atomic E-state index is 13.8. The minimum absolute atomic E-state index is 0.0108. The Kier molecular flexibility index (Phi) is 38.2. The highest BCUT2D eigenvalue weighted by Crippen LogP contribution is 2.39. The van der Waals surface area contributed by atoms with Crippen LogP contribution in [0.1, 0.15) is 74.9 Å². The summed E-state index contributed by atoms with van der Waals surface area (Å²) in [6, 6.07) is 8.29. The molecule has 4 N–H and O–H groups in total. The van der Waals surface area contributed by atoms with Gasteiger partial charge in [-0.2, -0.15) is 26.3 Å².